The van der Waals surface area contributed by atoms with Crippen LogP contribution in [0.2, 0.25) is 0 Å². The molecule has 2 unspecified atom stereocenters. The van der Waals surface area contributed by atoms with Crippen LogP contribution in [-0.2, 0) is 11.3 Å². The number of carbonyl (C=O) groups is 1. The Kier molecular flexibility index (Phi) is 5.91. The van der Waals surface area contributed by atoms with E-state index in [2.05, 4.69) is 39.6 Å². The van der Waals surface area contributed by atoms with Gasteiger partial charge in [-0.1, -0.05) is 0 Å². The van der Waals surface area contributed by atoms with Crippen LogP contribution in [0.4, 0.5) is 4.79 Å². The third kappa shape index (κ3) is 5.25. The zero-order valence-corrected chi connectivity index (χ0v) is 16.1. The number of hydrogen-bond donors (Lipinski definition) is 2. The summed E-state index contributed by atoms with van der Waals surface area (Å²) in [5.74, 6) is 0. The van der Waals surface area contributed by atoms with Crippen LogP contribution in [0.25, 0.3) is 0 Å². The Labute approximate surface area is 145 Å². The van der Waals surface area contributed by atoms with Gasteiger partial charge < -0.3 is 15.4 Å². The number of hydrogen-bond acceptors (Lipinski definition) is 4. The molecule has 0 aromatic carbocycles. The number of thiophene rings is 1. The molecule has 2 rings (SSSR count). The molecule has 0 aliphatic heterocycles. The number of aryl methyl sites for hydroxylation is 1. The van der Waals surface area contributed by atoms with Crippen molar-refractivity contribution in [3.05, 3.63) is 20.3 Å². The van der Waals surface area contributed by atoms with Crippen LogP contribution in [0.1, 0.15) is 49.8 Å². The summed E-state index contributed by atoms with van der Waals surface area (Å²) in [6, 6.07) is 2.63. The fraction of sp³-hybridized carbons (Fsp3) is 0.688. The standard InChI is InChI=1S/C16H25BrN2O2S/c1-10-12(17)8-11(22-10)9-18-13-6-5-7-14(13)19-15(20)21-16(2,3)4/h8,13-14,18H,5-7,9H2,1-4H3,(H,19,20). The largest absolute Gasteiger partial charge is 0.444 e. The first-order chi connectivity index (χ1) is 10.2. The monoisotopic (exact) mass is 388 g/mol. The van der Waals surface area contributed by atoms with Crippen molar-refractivity contribution in [2.45, 2.75) is 71.2 Å². The lowest BCUT2D eigenvalue weighted by Crippen LogP contribution is -2.47. The van der Waals surface area contributed by atoms with Crippen molar-refractivity contribution in [1.82, 2.24) is 10.6 Å². The smallest absolute Gasteiger partial charge is 0.407 e. The zero-order valence-electron chi connectivity index (χ0n) is 13.7. The molecule has 2 atom stereocenters. The van der Waals surface area contributed by atoms with E-state index in [9.17, 15) is 4.79 Å². The normalized spacial score (nSPS) is 21.9. The molecule has 1 aliphatic rings. The number of carbonyl (C=O) groups excluding carboxylic acids is 1. The second-order valence-corrected chi connectivity index (χ2v) is 8.98. The van der Waals surface area contributed by atoms with Gasteiger partial charge in [-0.2, -0.15) is 0 Å². The summed E-state index contributed by atoms with van der Waals surface area (Å²) in [6.45, 7) is 8.60. The summed E-state index contributed by atoms with van der Waals surface area (Å²) in [5, 5.41) is 6.58. The first kappa shape index (κ1) is 17.8. The Bertz CT molecular complexity index is 505. The summed E-state index contributed by atoms with van der Waals surface area (Å²) < 4.78 is 6.52. The molecule has 1 saturated carbocycles. The average Bonchev–Trinajstić information content (AvgIpc) is 2.92. The highest BCUT2D eigenvalue weighted by molar-refractivity contribution is 9.10. The number of rotatable bonds is 4. The van der Waals surface area contributed by atoms with Crippen molar-refractivity contribution < 1.29 is 9.53 Å². The molecule has 0 spiro atoms. The molecule has 6 heteroatoms. The maximum atomic E-state index is 11.9. The van der Waals surface area contributed by atoms with Crippen LogP contribution >= 0.6 is 27.3 Å². The van der Waals surface area contributed by atoms with Crippen molar-refractivity contribution in [3.8, 4) is 0 Å². The minimum Gasteiger partial charge on any atom is -0.444 e. The van der Waals surface area contributed by atoms with Gasteiger partial charge in [-0.25, -0.2) is 4.79 Å². The molecule has 1 aromatic heterocycles. The quantitative estimate of drug-likeness (QED) is 0.805. The van der Waals surface area contributed by atoms with Crippen molar-refractivity contribution in [1.29, 1.82) is 0 Å². The molecular weight excluding hydrogens is 364 g/mol. The second kappa shape index (κ2) is 7.32. The van der Waals surface area contributed by atoms with Gasteiger partial charge in [0.25, 0.3) is 0 Å². The van der Waals surface area contributed by atoms with Gasteiger partial charge in [0.2, 0.25) is 0 Å². The summed E-state index contributed by atoms with van der Waals surface area (Å²) in [7, 11) is 0. The Morgan fingerprint density at radius 3 is 2.68 bits per heavy atom. The fourth-order valence-electron chi connectivity index (χ4n) is 2.67. The minimum atomic E-state index is -0.452. The molecule has 1 amide bonds. The predicted molar refractivity (Wildman–Crippen MR) is 94.4 cm³/mol. The maximum absolute atomic E-state index is 11.9. The average molecular weight is 389 g/mol. The number of nitrogens with one attached hydrogen (secondary N) is 2. The summed E-state index contributed by atoms with van der Waals surface area (Å²) in [4.78, 5) is 14.5. The van der Waals surface area contributed by atoms with Crippen molar-refractivity contribution in [2.24, 2.45) is 0 Å². The maximum Gasteiger partial charge on any atom is 0.407 e. The highest BCUT2D eigenvalue weighted by Gasteiger charge is 2.29. The summed E-state index contributed by atoms with van der Waals surface area (Å²) >= 11 is 5.35. The Morgan fingerprint density at radius 1 is 1.41 bits per heavy atom. The van der Waals surface area contributed by atoms with Crippen molar-refractivity contribution >= 4 is 33.4 Å². The van der Waals surface area contributed by atoms with E-state index in [0.29, 0.717) is 6.04 Å². The third-order valence-corrected chi connectivity index (χ3v) is 5.80. The van der Waals surface area contributed by atoms with Crippen LogP contribution in [0, 0.1) is 6.92 Å². The minimum absolute atomic E-state index is 0.152. The number of ether oxygens (including phenoxy) is 1. The van der Waals surface area contributed by atoms with E-state index < -0.39 is 5.60 Å². The highest BCUT2D eigenvalue weighted by Crippen LogP contribution is 2.27. The lowest BCUT2D eigenvalue weighted by molar-refractivity contribution is 0.0498. The molecule has 1 heterocycles. The van der Waals surface area contributed by atoms with E-state index in [1.165, 1.54) is 14.2 Å². The lowest BCUT2D eigenvalue weighted by atomic mass is 10.1. The molecule has 4 nitrogen and oxygen atoms in total. The van der Waals surface area contributed by atoms with Gasteiger partial charge in [-0.05, 0) is 69.0 Å². The van der Waals surface area contributed by atoms with Crippen LogP contribution in [-0.4, -0.2) is 23.8 Å². The molecule has 1 aliphatic carbocycles. The molecule has 0 bridgehead atoms. The van der Waals surface area contributed by atoms with Gasteiger partial charge in [0.05, 0.1) is 0 Å². The van der Waals surface area contributed by atoms with Gasteiger partial charge in [-0.15, -0.1) is 11.3 Å². The summed E-state index contributed by atoms with van der Waals surface area (Å²) in [6.07, 6.45) is 2.90. The molecule has 124 valence electrons. The van der Waals surface area contributed by atoms with Gasteiger partial charge in [-0.3, -0.25) is 0 Å². The molecule has 0 radical (unpaired) electrons. The van der Waals surface area contributed by atoms with Crippen LogP contribution in [0.15, 0.2) is 10.5 Å². The number of alkyl carbamates (subject to hydrolysis) is 1. The Balaban J connectivity index is 1.84. The van der Waals surface area contributed by atoms with E-state index in [-0.39, 0.29) is 12.1 Å². The first-order valence-corrected chi connectivity index (χ1v) is 9.33. The predicted octanol–water partition coefficient (Wildman–Crippen LogP) is 4.35. The van der Waals surface area contributed by atoms with E-state index >= 15 is 0 Å². The molecule has 2 N–H and O–H groups in total. The number of amides is 1. The van der Waals surface area contributed by atoms with Crippen molar-refractivity contribution in [3.63, 3.8) is 0 Å². The Hall–Kier alpha value is -0.590. The van der Waals surface area contributed by atoms with Crippen LogP contribution < -0.4 is 10.6 Å². The fourth-order valence-corrected chi connectivity index (χ4v) is 4.23. The van der Waals surface area contributed by atoms with Crippen LogP contribution in [0.5, 0.6) is 0 Å². The summed E-state index contributed by atoms with van der Waals surface area (Å²) in [5.41, 5.74) is -0.452. The molecule has 22 heavy (non-hydrogen) atoms. The molecule has 0 saturated heterocycles. The van der Waals surface area contributed by atoms with E-state index in [1.54, 1.807) is 11.3 Å². The van der Waals surface area contributed by atoms with Gasteiger partial charge in [0.1, 0.15) is 5.60 Å². The first-order valence-electron chi connectivity index (χ1n) is 7.72. The van der Waals surface area contributed by atoms with Gasteiger partial charge >= 0.3 is 6.09 Å². The Morgan fingerprint density at radius 2 is 2.09 bits per heavy atom. The second-order valence-electron chi connectivity index (χ2n) is 6.79. The number of halogens is 1. The van der Waals surface area contributed by atoms with E-state index in [4.69, 9.17) is 4.74 Å². The van der Waals surface area contributed by atoms with E-state index in [0.717, 1.165) is 25.8 Å². The van der Waals surface area contributed by atoms with Gasteiger partial charge in [0, 0.05) is 32.9 Å². The zero-order chi connectivity index (χ0) is 16.3. The SMILES string of the molecule is Cc1sc(CNC2CCCC2NC(=O)OC(C)(C)C)cc1Br. The van der Waals surface area contributed by atoms with E-state index in [1.807, 2.05) is 20.8 Å². The lowest BCUT2D eigenvalue weighted by Gasteiger charge is -2.25. The highest BCUT2D eigenvalue weighted by atomic mass is 79.9. The third-order valence-electron chi connectivity index (χ3n) is 3.66. The molecule has 1 fully saturated rings. The van der Waals surface area contributed by atoms with Crippen LogP contribution in [0.3, 0.4) is 0 Å². The molecule has 1 aromatic rings. The molecular formula is C16H25BrN2O2S. The topological polar surface area (TPSA) is 50.4 Å². The van der Waals surface area contributed by atoms with Gasteiger partial charge in [0.15, 0.2) is 0 Å². The van der Waals surface area contributed by atoms with Crippen molar-refractivity contribution in [2.75, 3.05) is 0 Å².